The van der Waals surface area contributed by atoms with E-state index in [4.69, 9.17) is 38.2 Å². The molecule has 0 aliphatic carbocycles. The van der Waals surface area contributed by atoms with E-state index in [1.165, 1.54) is 43.6 Å². The lowest BCUT2D eigenvalue weighted by Gasteiger charge is -2.13. The number of rotatable bonds is 11. The second kappa shape index (κ2) is 31.9. The summed E-state index contributed by atoms with van der Waals surface area (Å²) in [5, 5.41) is 16.4. The number of nitrogens with zero attached hydrogens (tertiary/aromatic N) is 8. The van der Waals surface area contributed by atoms with Crippen molar-refractivity contribution in [1.29, 1.82) is 0 Å². The fourth-order valence-corrected chi connectivity index (χ4v) is 19.8. The van der Waals surface area contributed by atoms with Crippen molar-refractivity contribution in [2.24, 2.45) is 0 Å². The minimum atomic E-state index is -0.182. The smallest absolute Gasteiger partial charge is 0.160 e. The monoisotopic (exact) mass is 1720 g/mol. The Balaban J connectivity index is 0.000000108. The van der Waals surface area contributed by atoms with Gasteiger partial charge in [-0.3, -0.25) is 0 Å². The van der Waals surface area contributed by atoms with Crippen LogP contribution in [0.3, 0.4) is 0 Å². The first-order valence-corrected chi connectivity index (χ1v) is 44.8. The molecule has 0 atom stereocenters. The molecule has 0 aliphatic heterocycles. The molecule has 9 aromatic heterocycles. The Morgan fingerprint density at radius 3 is 1.25 bits per heavy atom. The van der Waals surface area contributed by atoms with Crippen LogP contribution in [0.1, 0.15) is 5.48 Å². The van der Waals surface area contributed by atoms with Crippen molar-refractivity contribution in [3.63, 3.8) is 0 Å². The number of pyridine rings is 1. The van der Waals surface area contributed by atoms with E-state index in [-0.39, 0.29) is 35.4 Å². The molecule has 0 radical (unpaired) electrons. The quantitative estimate of drug-likeness (QED) is 0.118. The number of fused-ring (bicyclic) bond motifs is 24. The van der Waals surface area contributed by atoms with E-state index in [0.29, 0.717) is 23.0 Å². The molecule has 0 aliphatic rings. The van der Waals surface area contributed by atoms with Gasteiger partial charge in [0.15, 0.2) is 11.6 Å². The Morgan fingerprint density at radius 1 is 0.201 bits per heavy atom. The van der Waals surface area contributed by atoms with Crippen LogP contribution in [0.2, 0.25) is 0 Å². The van der Waals surface area contributed by atoms with Crippen molar-refractivity contribution in [3.8, 4) is 107 Å². The molecule has 0 saturated carbocycles. The zero-order valence-electron chi connectivity index (χ0n) is 75.9. The number of aromatic nitrogens is 8. The van der Waals surface area contributed by atoms with E-state index in [1.54, 1.807) is 6.07 Å². The lowest BCUT2D eigenvalue weighted by atomic mass is 10.00. The van der Waals surface area contributed by atoms with Crippen LogP contribution in [-0.2, 0) is 0 Å². The molecular weight excluding hydrogens is 1640 g/mol. The second-order valence-corrected chi connectivity index (χ2v) is 33.6. The molecule has 28 rings (SSSR count). The molecule has 0 bridgehead atoms. The molecule has 11 nitrogen and oxygen atoms in total. The van der Waals surface area contributed by atoms with Gasteiger partial charge >= 0.3 is 0 Å². The maximum absolute atomic E-state index is 9.36. The van der Waals surface area contributed by atoms with E-state index in [2.05, 4.69) is 264 Å². The van der Waals surface area contributed by atoms with Gasteiger partial charge in [0, 0.05) is 115 Å². The highest BCUT2D eigenvalue weighted by atomic mass is 16.3. The van der Waals surface area contributed by atoms with Gasteiger partial charge in [-0.25, -0.2) is 24.9 Å². The molecule has 626 valence electrons. The van der Waals surface area contributed by atoms with Gasteiger partial charge in [-0.1, -0.05) is 340 Å². The Labute approximate surface area is 773 Å². The minimum absolute atomic E-state index is 0.117. The average Bonchev–Trinajstić information content (AvgIpc) is 1.56. The maximum atomic E-state index is 9.36. The lowest BCUT2D eigenvalue weighted by molar-refractivity contribution is 0.669. The van der Waals surface area contributed by atoms with Crippen molar-refractivity contribution < 1.29 is 18.7 Å². The third-order valence-corrected chi connectivity index (χ3v) is 25.9. The van der Waals surface area contributed by atoms with Crippen LogP contribution in [0.5, 0.6) is 0 Å². The number of benzene rings is 19. The number of hydrogen-bond donors (Lipinski definition) is 0. The minimum Gasteiger partial charge on any atom is -0.456 e. The SMILES string of the molecule is [2H]c1c([2H])c(-n2c3ccccc3c3c4oc5ccccc5c4ccc32)c([2H])c([2H])c1-c1cc(-c2ccccc2)nc(-c2ccccc2)n1.c1cc(-c2nc3ccccc3c3ccccc23)cc(-n2c3ccccc3c3ccc4oc5ccccc5c4c32)c1.c1ccc(-c2cccc(-n3c4ccccc4c4cc(-c5cc(-c6ccccc6)nc(-c6ccccc6)n5)c5oc6ccccc6c5c43)c2)cc1. The Kier molecular flexibility index (Phi) is 17.3. The number of hydrogen-bond acceptors (Lipinski definition) is 8. The van der Waals surface area contributed by atoms with Gasteiger partial charge in [0.25, 0.3) is 0 Å². The number of para-hydroxylation sites is 7. The Bertz CT molecular complexity index is 9650. The highest BCUT2D eigenvalue weighted by Crippen LogP contribution is 2.49. The van der Waals surface area contributed by atoms with Crippen molar-refractivity contribution >= 4 is 153 Å². The molecule has 28 aromatic rings. The molecule has 0 spiro atoms. The third kappa shape index (κ3) is 13.0. The normalized spacial score (nSPS) is 12.1. The van der Waals surface area contributed by atoms with Crippen molar-refractivity contribution in [2.45, 2.75) is 0 Å². The van der Waals surface area contributed by atoms with E-state index < -0.39 is 0 Å². The summed E-state index contributed by atoms with van der Waals surface area (Å²) in [7, 11) is 0. The maximum Gasteiger partial charge on any atom is 0.160 e. The van der Waals surface area contributed by atoms with Crippen LogP contribution in [0, 0.1) is 0 Å². The third-order valence-electron chi connectivity index (χ3n) is 25.9. The molecule has 0 saturated heterocycles. The zero-order chi connectivity index (χ0) is 91.7. The molecule has 0 N–H and O–H groups in total. The van der Waals surface area contributed by atoms with Gasteiger partial charge in [0.1, 0.15) is 33.5 Å². The first kappa shape index (κ1) is 72.8. The summed E-state index contributed by atoms with van der Waals surface area (Å²) < 4.78 is 63.5. The fraction of sp³-hybridized carbons (Fsp3) is 0. The molecule has 19 aromatic carbocycles. The van der Waals surface area contributed by atoms with Crippen molar-refractivity contribution in [1.82, 2.24) is 38.6 Å². The summed E-state index contributed by atoms with van der Waals surface area (Å²) >= 11 is 0. The van der Waals surface area contributed by atoms with Crippen LogP contribution < -0.4 is 0 Å². The van der Waals surface area contributed by atoms with E-state index in [9.17, 15) is 5.48 Å². The molecular formula is C123H76N8O3. The summed E-state index contributed by atoms with van der Waals surface area (Å²) in [4.78, 5) is 25.1. The molecule has 11 heteroatoms. The summed E-state index contributed by atoms with van der Waals surface area (Å²) in [6.07, 6.45) is 0. The highest BCUT2D eigenvalue weighted by molar-refractivity contribution is 6.29. The average molecular weight is 1720 g/mol. The topological polar surface area (TPSA) is 119 Å². The number of furan rings is 3. The summed E-state index contributed by atoms with van der Waals surface area (Å²) in [6.45, 7) is 0. The van der Waals surface area contributed by atoms with Gasteiger partial charge < -0.3 is 27.0 Å². The zero-order valence-corrected chi connectivity index (χ0v) is 71.9. The standard InChI is InChI=1S/C46H29N3O.C40H25N3O.C37H22N2O/c1-4-15-30(16-5-1)33-21-14-22-34(27-33)49-41-25-12-10-23-35(41)37-28-38(45-43(44(37)49)36-24-11-13-26-42(36)50-45)40-29-39(31-17-6-2-7-18-31)47-46(48-40)32-19-8-3-9-20-32;1-3-11-26(12-4-1)33-25-34(42-40(41-33)28-13-5-2-6-14-28)27-19-21-29(22-20-27)43-35-17-9-7-16-32(35)38-36(43)24-23-31-30-15-8-10-18-37(30)44-39(31)38;1-2-15-28-25(12-1)26-13-3-6-17-31(26)38-36(28)23-10-9-11-24(22-23)39-32-18-7-4-14-27(32)29-20-21-34-35(37(29)39)30-16-5-8-19-33(30)40-34/h1-29H;1-25H;1-22H/i;19D,20D,21D,22D;. The molecule has 0 fully saturated rings. The molecule has 0 unspecified atom stereocenters. The van der Waals surface area contributed by atoms with Gasteiger partial charge in [0.05, 0.1) is 88.7 Å². The van der Waals surface area contributed by atoms with Gasteiger partial charge in [0.2, 0.25) is 0 Å². The van der Waals surface area contributed by atoms with Crippen LogP contribution in [0.4, 0.5) is 0 Å². The van der Waals surface area contributed by atoms with Crippen LogP contribution in [0.15, 0.2) is 474 Å². The van der Waals surface area contributed by atoms with Crippen molar-refractivity contribution in [2.75, 3.05) is 0 Å². The van der Waals surface area contributed by atoms with E-state index >= 15 is 0 Å². The van der Waals surface area contributed by atoms with Crippen molar-refractivity contribution in [3.05, 3.63) is 461 Å². The van der Waals surface area contributed by atoms with Crippen LogP contribution in [0.25, 0.3) is 260 Å². The first-order valence-electron chi connectivity index (χ1n) is 46.8. The second-order valence-electron chi connectivity index (χ2n) is 33.6. The van der Waals surface area contributed by atoms with Gasteiger partial charge in [-0.15, -0.1) is 0 Å². The van der Waals surface area contributed by atoms with Gasteiger partial charge in [-0.05, 0) is 138 Å². The molecule has 9 heterocycles. The van der Waals surface area contributed by atoms with E-state index in [1.807, 2.05) is 180 Å². The summed E-state index contributed by atoms with van der Waals surface area (Å²) in [5.74, 6) is 1.11. The molecule has 0 amide bonds. The lowest BCUT2D eigenvalue weighted by Crippen LogP contribution is -1.97. The predicted molar refractivity (Wildman–Crippen MR) is 552 cm³/mol. The van der Waals surface area contributed by atoms with Crippen LogP contribution >= 0.6 is 0 Å². The highest BCUT2D eigenvalue weighted by Gasteiger charge is 2.28. The Morgan fingerprint density at radius 2 is 0.627 bits per heavy atom. The summed E-state index contributed by atoms with van der Waals surface area (Å²) in [6, 6.07) is 148. The van der Waals surface area contributed by atoms with E-state index in [0.717, 1.165) is 182 Å². The predicted octanol–water partition coefficient (Wildman–Crippen LogP) is 32.7. The first-order chi connectivity index (χ1) is 68.1. The fourth-order valence-electron chi connectivity index (χ4n) is 19.8. The Hall–Kier alpha value is -18.2. The summed E-state index contributed by atoms with van der Waals surface area (Å²) in [5.41, 5.74) is 26.1. The largest absolute Gasteiger partial charge is 0.456 e. The molecule has 134 heavy (non-hydrogen) atoms. The van der Waals surface area contributed by atoms with Crippen LogP contribution in [-0.4, -0.2) is 38.6 Å². The van der Waals surface area contributed by atoms with Gasteiger partial charge in [-0.2, -0.15) is 0 Å².